The highest BCUT2D eigenvalue weighted by Gasteiger charge is 2.26. The minimum atomic E-state index is -0.248. The number of hydrogen-bond acceptors (Lipinski definition) is 3. The summed E-state index contributed by atoms with van der Waals surface area (Å²) in [5.41, 5.74) is 6.94. The van der Waals surface area contributed by atoms with Gasteiger partial charge in [0.25, 0.3) is 0 Å². The molecule has 1 heterocycles. The smallest absolute Gasteiger partial charge is 0.220 e. The lowest BCUT2D eigenvalue weighted by Crippen LogP contribution is -2.39. The predicted molar refractivity (Wildman–Crippen MR) is 78.0 cm³/mol. The largest absolute Gasteiger partial charge is 0.369 e. The second kappa shape index (κ2) is 6.22. The SMILES string of the molecule is CNC(C)c1cccc(F)c1N1CCC(C(N)=O)CC1. The first-order chi connectivity index (χ1) is 9.54. The fraction of sp³-hybridized carbons (Fsp3) is 0.533. The minimum absolute atomic E-state index is 0.0783. The van der Waals surface area contributed by atoms with Crippen LogP contribution in [0, 0.1) is 11.7 Å². The van der Waals surface area contributed by atoms with Crippen LogP contribution < -0.4 is 16.0 Å². The monoisotopic (exact) mass is 279 g/mol. The topological polar surface area (TPSA) is 58.4 Å². The van der Waals surface area contributed by atoms with E-state index in [9.17, 15) is 9.18 Å². The molecule has 1 atom stereocenters. The fourth-order valence-electron chi connectivity index (χ4n) is 2.76. The number of carbonyl (C=O) groups excluding carboxylic acids is 1. The number of nitrogens with one attached hydrogen (secondary N) is 1. The lowest BCUT2D eigenvalue weighted by atomic mass is 9.94. The van der Waals surface area contributed by atoms with Crippen molar-refractivity contribution in [3.63, 3.8) is 0 Å². The molecule has 1 aliphatic heterocycles. The van der Waals surface area contributed by atoms with Crippen molar-refractivity contribution in [2.24, 2.45) is 11.7 Å². The Kier molecular flexibility index (Phi) is 4.60. The van der Waals surface area contributed by atoms with Gasteiger partial charge in [0.1, 0.15) is 5.82 Å². The highest BCUT2D eigenvalue weighted by Crippen LogP contribution is 2.32. The Morgan fingerprint density at radius 3 is 2.65 bits per heavy atom. The van der Waals surface area contributed by atoms with Crippen molar-refractivity contribution in [1.82, 2.24) is 5.32 Å². The molecule has 20 heavy (non-hydrogen) atoms. The quantitative estimate of drug-likeness (QED) is 0.883. The molecule has 4 nitrogen and oxygen atoms in total. The molecular formula is C15H22FN3O. The van der Waals surface area contributed by atoms with Crippen molar-refractivity contribution in [2.45, 2.75) is 25.8 Å². The third kappa shape index (κ3) is 2.93. The van der Waals surface area contributed by atoms with Gasteiger partial charge in [0.05, 0.1) is 5.69 Å². The molecule has 5 heteroatoms. The molecule has 3 N–H and O–H groups in total. The molecule has 1 aromatic carbocycles. The number of anilines is 1. The molecule has 1 unspecified atom stereocenters. The summed E-state index contributed by atoms with van der Waals surface area (Å²) in [4.78, 5) is 13.2. The molecule has 1 amide bonds. The molecule has 110 valence electrons. The lowest BCUT2D eigenvalue weighted by molar-refractivity contribution is -0.122. The highest BCUT2D eigenvalue weighted by atomic mass is 19.1. The van der Waals surface area contributed by atoms with Gasteiger partial charge in [0.2, 0.25) is 5.91 Å². The number of para-hydroxylation sites is 1. The Morgan fingerprint density at radius 1 is 1.45 bits per heavy atom. The van der Waals surface area contributed by atoms with Gasteiger partial charge >= 0.3 is 0 Å². The van der Waals surface area contributed by atoms with Crippen LogP contribution in [0.3, 0.4) is 0 Å². The number of nitrogens with two attached hydrogens (primary N) is 1. The van der Waals surface area contributed by atoms with Crippen molar-refractivity contribution >= 4 is 11.6 Å². The third-order valence-electron chi connectivity index (χ3n) is 4.13. The summed E-state index contributed by atoms with van der Waals surface area (Å²) in [6.07, 6.45) is 1.38. The second-order valence-electron chi connectivity index (χ2n) is 5.35. The summed E-state index contributed by atoms with van der Waals surface area (Å²) >= 11 is 0. The van der Waals surface area contributed by atoms with Crippen LogP contribution in [0.4, 0.5) is 10.1 Å². The third-order valence-corrected chi connectivity index (χ3v) is 4.13. The molecule has 0 spiro atoms. The summed E-state index contributed by atoms with van der Waals surface area (Å²) in [6.45, 7) is 3.34. The predicted octanol–water partition coefficient (Wildman–Crippen LogP) is 1.81. The minimum Gasteiger partial charge on any atom is -0.369 e. The van der Waals surface area contributed by atoms with Crippen LogP contribution in [0.25, 0.3) is 0 Å². The van der Waals surface area contributed by atoms with Crippen molar-refractivity contribution in [3.8, 4) is 0 Å². The van der Waals surface area contributed by atoms with E-state index in [2.05, 4.69) is 5.32 Å². The zero-order valence-corrected chi connectivity index (χ0v) is 12.0. The van der Waals surface area contributed by atoms with E-state index in [1.807, 2.05) is 24.9 Å². The first-order valence-electron chi connectivity index (χ1n) is 7.04. The Labute approximate surface area is 119 Å². The van der Waals surface area contributed by atoms with Crippen molar-refractivity contribution < 1.29 is 9.18 Å². The van der Waals surface area contributed by atoms with Gasteiger partial charge in [-0.15, -0.1) is 0 Å². The van der Waals surface area contributed by atoms with E-state index in [1.165, 1.54) is 6.07 Å². The van der Waals surface area contributed by atoms with Crippen LogP contribution >= 0.6 is 0 Å². The zero-order chi connectivity index (χ0) is 14.7. The van der Waals surface area contributed by atoms with Crippen molar-refractivity contribution in [3.05, 3.63) is 29.6 Å². The number of hydrogen-bond donors (Lipinski definition) is 2. The van der Waals surface area contributed by atoms with Crippen LogP contribution in [-0.4, -0.2) is 26.0 Å². The van der Waals surface area contributed by atoms with Gasteiger partial charge in [0, 0.05) is 25.0 Å². The fourth-order valence-corrected chi connectivity index (χ4v) is 2.76. The van der Waals surface area contributed by atoms with Crippen LogP contribution in [0.2, 0.25) is 0 Å². The summed E-state index contributed by atoms with van der Waals surface area (Å²) in [6, 6.07) is 5.24. The number of rotatable bonds is 4. The zero-order valence-electron chi connectivity index (χ0n) is 12.0. The van der Waals surface area contributed by atoms with Crippen molar-refractivity contribution in [1.29, 1.82) is 0 Å². The molecule has 1 fully saturated rings. The Balaban J connectivity index is 2.23. The lowest BCUT2D eigenvalue weighted by Gasteiger charge is -2.34. The van der Waals surface area contributed by atoms with Crippen molar-refractivity contribution in [2.75, 3.05) is 25.0 Å². The van der Waals surface area contributed by atoms with Gasteiger partial charge in [-0.05, 0) is 38.4 Å². The standard InChI is InChI=1S/C15H22FN3O/c1-10(18-2)12-4-3-5-13(16)14(12)19-8-6-11(7-9-19)15(17)20/h3-5,10-11,18H,6-9H2,1-2H3,(H2,17,20). The maximum atomic E-state index is 14.2. The number of primary amides is 1. The maximum absolute atomic E-state index is 14.2. The van der Waals surface area contributed by atoms with E-state index < -0.39 is 0 Å². The second-order valence-corrected chi connectivity index (χ2v) is 5.35. The average Bonchev–Trinajstić information content (AvgIpc) is 2.46. The molecular weight excluding hydrogens is 257 g/mol. The first kappa shape index (κ1) is 14.8. The average molecular weight is 279 g/mol. The molecule has 0 radical (unpaired) electrons. The molecule has 1 saturated heterocycles. The Bertz CT molecular complexity index is 484. The van der Waals surface area contributed by atoms with Crippen LogP contribution in [0.5, 0.6) is 0 Å². The van der Waals surface area contributed by atoms with E-state index in [0.29, 0.717) is 31.6 Å². The number of halogens is 1. The van der Waals surface area contributed by atoms with E-state index in [-0.39, 0.29) is 23.7 Å². The number of amides is 1. The summed E-state index contributed by atoms with van der Waals surface area (Å²) in [7, 11) is 1.86. The van der Waals surface area contributed by atoms with Gasteiger partial charge in [-0.3, -0.25) is 4.79 Å². The number of piperidine rings is 1. The van der Waals surface area contributed by atoms with Gasteiger partial charge in [-0.25, -0.2) is 4.39 Å². The maximum Gasteiger partial charge on any atom is 0.220 e. The summed E-state index contributed by atoms with van der Waals surface area (Å²) in [5, 5.41) is 3.15. The highest BCUT2D eigenvalue weighted by molar-refractivity contribution is 5.77. The summed E-state index contributed by atoms with van der Waals surface area (Å²) in [5.74, 6) is -0.535. The molecule has 2 rings (SSSR count). The first-order valence-corrected chi connectivity index (χ1v) is 7.04. The summed E-state index contributed by atoms with van der Waals surface area (Å²) < 4.78 is 14.2. The molecule has 0 bridgehead atoms. The number of nitrogens with zero attached hydrogens (tertiary/aromatic N) is 1. The van der Waals surface area contributed by atoms with E-state index >= 15 is 0 Å². The Morgan fingerprint density at radius 2 is 2.10 bits per heavy atom. The van der Waals surface area contributed by atoms with Crippen LogP contribution in [0.1, 0.15) is 31.4 Å². The van der Waals surface area contributed by atoms with Gasteiger partial charge in [0.15, 0.2) is 0 Å². The Hall–Kier alpha value is -1.62. The van der Waals surface area contributed by atoms with Crippen LogP contribution in [-0.2, 0) is 4.79 Å². The molecule has 0 saturated carbocycles. The van der Waals surface area contributed by atoms with Gasteiger partial charge < -0.3 is 16.0 Å². The van der Waals surface area contributed by atoms with E-state index in [1.54, 1.807) is 6.07 Å². The van der Waals surface area contributed by atoms with Gasteiger partial charge in [-0.2, -0.15) is 0 Å². The molecule has 0 aromatic heterocycles. The number of carbonyl (C=O) groups is 1. The number of benzene rings is 1. The van der Waals surface area contributed by atoms with E-state index in [4.69, 9.17) is 5.73 Å². The van der Waals surface area contributed by atoms with Gasteiger partial charge in [-0.1, -0.05) is 12.1 Å². The van der Waals surface area contributed by atoms with E-state index in [0.717, 1.165) is 5.56 Å². The molecule has 1 aliphatic rings. The molecule has 0 aliphatic carbocycles. The van der Waals surface area contributed by atoms with Crippen LogP contribution in [0.15, 0.2) is 18.2 Å². The molecule has 1 aromatic rings. The normalized spacial score (nSPS) is 18.1.